The number of imide groups is 2. The summed E-state index contributed by atoms with van der Waals surface area (Å²) in [6.07, 6.45) is 28.0. The van der Waals surface area contributed by atoms with Gasteiger partial charge >= 0.3 is 11.9 Å². The van der Waals surface area contributed by atoms with Crippen LogP contribution >= 0.6 is 18.4 Å². The minimum Gasteiger partial charge on any atom is -0.457 e. The lowest BCUT2D eigenvalue weighted by Gasteiger charge is -2.35. The Bertz CT molecular complexity index is 4260. The minimum absolute atomic E-state index is 0. The van der Waals surface area contributed by atoms with E-state index in [9.17, 15) is 52.7 Å². The summed E-state index contributed by atoms with van der Waals surface area (Å²) in [7, 11) is 0.402. The van der Waals surface area contributed by atoms with Gasteiger partial charge in [0.15, 0.2) is 0 Å². The van der Waals surface area contributed by atoms with Crippen LogP contribution in [0.15, 0.2) is 76.8 Å². The van der Waals surface area contributed by atoms with Gasteiger partial charge in [0.1, 0.15) is 30.5 Å². The second-order valence-corrected chi connectivity index (χ2v) is 30.5. The van der Waals surface area contributed by atoms with E-state index in [0.29, 0.717) is 111 Å². The number of carbonyl (C=O) groups excluding carboxylic acids is 10. The number of unbranched alkanes of at least 4 members (excludes halogenated alkanes) is 6. The van der Waals surface area contributed by atoms with Crippen molar-refractivity contribution < 1.29 is 81.8 Å². The van der Waals surface area contributed by atoms with Gasteiger partial charge in [-0.2, -0.15) is 0 Å². The molecule has 4 aliphatic carbocycles. The highest BCUT2D eigenvalue weighted by molar-refractivity contribution is 7.16. The van der Waals surface area contributed by atoms with E-state index in [2.05, 4.69) is 57.5 Å². The van der Waals surface area contributed by atoms with Gasteiger partial charge in [0.05, 0.1) is 114 Å². The molecule has 32 heteroatoms. The van der Waals surface area contributed by atoms with E-state index >= 15 is 0 Å². The number of carbonyl (C=O) groups is 10. The molecule has 3 aromatic heterocycles. The third kappa shape index (κ3) is 23.8. The van der Waals surface area contributed by atoms with Crippen molar-refractivity contribution in [1.29, 1.82) is 2.56 Å². The quantitative estimate of drug-likeness (QED) is 0.00423. The summed E-state index contributed by atoms with van der Waals surface area (Å²) in [5.41, 5.74) is 9.35. The van der Waals surface area contributed by atoms with Crippen LogP contribution in [0.3, 0.4) is 0 Å². The number of azide groups is 1. The molecule has 2 N–H and O–H groups in total. The maximum absolute atomic E-state index is 13.8. The van der Waals surface area contributed by atoms with Crippen molar-refractivity contribution in [3.05, 3.63) is 110 Å². The van der Waals surface area contributed by atoms with E-state index < -0.39 is 24.1 Å². The van der Waals surface area contributed by atoms with Gasteiger partial charge in [-0.3, -0.25) is 53.0 Å². The number of fused-ring (bicyclic) bond motifs is 15. The number of aromatic nitrogens is 5. The predicted octanol–water partition coefficient (Wildman–Crippen LogP) is 8.76. The first-order chi connectivity index (χ1) is 56.3. The van der Waals surface area contributed by atoms with Crippen molar-refractivity contribution in [1.82, 2.24) is 44.1 Å². The minimum atomic E-state index is -1.84. The molecule has 0 radical (unpaired) electrons. The largest absolute Gasteiger partial charge is 0.457 e. The van der Waals surface area contributed by atoms with Crippen LogP contribution in [0, 0.1) is 59.7 Å². The first kappa shape index (κ1) is 88.6. The van der Waals surface area contributed by atoms with Gasteiger partial charge in [-0.1, -0.05) is 112 Å². The van der Waals surface area contributed by atoms with Crippen LogP contribution in [0.1, 0.15) is 172 Å². The number of cyclic esters (lactones) is 1. The number of benzene rings is 1. The number of pyridine rings is 2. The molecule has 4 fully saturated rings. The van der Waals surface area contributed by atoms with Crippen LogP contribution in [0.2, 0.25) is 0 Å². The van der Waals surface area contributed by atoms with E-state index in [0.717, 1.165) is 74.0 Å². The van der Waals surface area contributed by atoms with Crippen molar-refractivity contribution in [2.75, 3.05) is 98.0 Å². The predicted molar refractivity (Wildman–Crippen MR) is 434 cm³/mol. The standard InChI is InChI=1S/C53H63N7O13.C25H34N2O5.C3H9P.CH4N3P.CH4/c1-2-53(41-28-43-48-37(26-34-10-5-6-12-42(34)54-48)29-60(43)49(65)40(41)32-72-52(53)68)73-45(64)33-71-25-24-70-23-22-69-21-19-58-31-38(55-56-58)30-57(44(63)16-15-39(62)11-9-20-61)17-7-3-4-8-18-59-50(66)46-35-13-14-36(27-35)47(46)51(59)67;1-2-13-26(21(30)12-11-20(29)8-7-16-28)14-5-3-4-6-15-27-24(31)22-18-9-10-19(17-18)23(22)25(27)32;1-2-3-4;2-4-3-1-5;/h5-6,10,12-14,26,28,31,35-36,46-47,61H,2-4,7-9,11,15-25,27,29-30,32-33H2,1H3;1,9-10,18-19,22-23,28H,3-8,11-17H2;2-4H2,1H3;1,5H2;1H4/t35-,36+,46+,47-,53-;18-,19+,22+,23-;;;/m0..../s1/i;;4T;5T;. The number of likely N-dealkylation sites (tertiary alicyclic amines) is 2. The monoisotopic (exact) mass is 1630 g/mol. The molecule has 0 spiro atoms. The lowest BCUT2D eigenvalue weighted by molar-refractivity contribution is -0.192. The summed E-state index contributed by atoms with van der Waals surface area (Å²) < 4.78 is 44.5. The molecular formula is C83H114N12O18P2. The Morgan fingerprint density at radius 1 is 0.713 bits per heavy atom. The second-order valence-electron chi connectivity index (χ2n) is 29.7. The van der Waals surface area contributed by atoms with E-state index in [1.54, 1.807) is 38.2 Å². The number of allylic oxidation sites excluding steroid dienone is 4. The summed E-state index contributed by atoms with van der Waals surface area (Å²) in [5, 5.41) is 30.4. The molecule has 6 amide bonds. The van der Waals surface area contributed by atoms with Crippen LogP contribution in [0.25, 0.3) is 32.7 Å². The molecule has 1 aromatic carbocycles. The van der Waals surface area contributed by atoms with Crippen LogP contribution in [-0.2, 0) is 103 Å². The molecule has 115 heavy (non-hydrogen) atoms. The Balaban J connectivity index is 0.000000320. The first-order valence-corrected chi connectivity index (χ1v) is 41.5. The average Bonchev–Trinajstić information content (AvgIpc) is 1.68. The molecular weight excluding hydrogens is 1510 g/mol. The summed E-state index contributed by atoms with van der Waals surface area (Å²) in [6, 6.07) is 11.4. The SMILES string of the molecule is C.C#CCN(CCCCCCN1C(=O)[C@@H]2[C@H](C1=O)[C@H]1C=C[C@@H]2C1)C(=O)CCC(=O)CCCO.CC[C@@]1(OC(=O)COCCOCCOCCn2cc(CN(CCCCCCN3C(=O)[C@@H]4[C@H](C3=O)[C@H]3C=C[C@@H]4C3)C(=O)CCC(=O)CCCO)nn2)C(=O)OCc2c1cc1n(c2=O)Cc2cc3ccccc3nc2-1.[3H]PCCC.[3H]PCN=[N+]=[N-]. The number of esters is 2. The topological polar surface area (TPSA) is 385 Å². The van der Waals surface area contributed by atoms with Crippen molar-refractivity contribution in [3.8, 4) is 23.7 Å². The zero-order chi connectivity index (χ0) is 83.1. The van der Waals surface area contributed by atoms with Gasteiger partial charge in [0.25, 0.3) is 5.56 Å². The van der Waals surface area contributed by atoms with E-state index in [-0.39, 0.29) is 226 Å². The van der Waals surface area contributed by atoms with Crippen LogP contribution in [-0.4, -0.2) is 214 Å². The summed E-state index contributed by atoms with van der Waals surface area (Å²) in [4.78, 5) is 155. The number of rotatable bonds is 46. The Hall–Kier alpha value is -8.77. The molecule has 2 saturated heterocycles. The van der Waals surface area contributed by atoms with Crippen LogP contribution in [0.5, 0.6) is 0 Å². The highest BCUT2D eigenvalue weighted by Gasteiger charge is 2.60. The highest BCUT2D eigenvalue weighted by Crippen LogP contribution is 2.54. The lowest BCUT2D eigenvalue weighted by atomic mass is 9.85. The number of terminal acetylenes is 1. The fraction of sp³-hybridized carbons (Fsp3) is 0.614. The molecule has 7 heterocycles. The number of Topliss-reactive ketones (excluding diaryl/α,β-unsaturated/α-hetero) is 2. The number of aliphatic hydroxyl groups is 2. The van der Waals surface area contributed by atoms with Crippen molar-refractivity contribution in [2.24, 2.45) is 52.5 Å². The van der Waals surface area contributed by atoms with Gasteiger partial charge in [0.2, 0.25) is 41.0 Å². The number of aliphatic hydroxyl groups excluding tert-OH is 2. The lowest BCUT2D eigenvalue weighted by Crippen LogP contribution is -2.48. The maximum Gasteiger partial charge on any atom is 0.355 e. The number of ketones is 2. The normalized spacial score (nSPS) is 21.4. The molecule has 4 bridgehead atoms. The molecule has 30 nitrogen and oxygen atoms in total. The first-order valence-electron chi connectivity index (χ1n) is 41.1. The zero-order valence-corrected chi connectivity index (χ0v) is 67.4. The Labute approximate surface area is 679 Å². The molecule has 2 unspecified atom stereocenters. The Morgan fingerprint density at radius 2 is 1.27 bits per heavy atom. The summed E-state index contributed by atoms with van der Waals surface area (Å²) in [5.74, 6) is 0.739. The van der Waals surface area contributed by atoms with E-state index in [4.69, 9.17) is 53.4 Å². The molecule has 11 atom stereocenters. The van der Waals surface area contributed by atoms with Crippen molar-refractivity contribution >= 4 is 88.2 Å². The van der Waals surface area contributed by atoms with E-state index in [1.165, 1.54) is 16.2 Å². The van der Waals surface area contributed by atoms with Crippen molar-refractivity contribution in [2.45, 2.75) is 182 Å². The number of hydrogen-bond acceptors (Lipinski definition) is 22. The van der Waals surface area contributed by atoms with Gasteiger partial charge in [-0.15, -0.1) is 29.9 Å². The number of hydrogen-bond donors (Lipinski definition) is 2. The Morgan fingerprint density at radius 3 is 1.80 bits per heavy atom. The highest BCUT2D eigenvalue weighted by atomic mass is 31.0. The third-order valence-electron chi connectivity index (χ3n) is 22.1. The molecule has 624 valence electrons. The number of nitrogens with zero attached hydrogens (tertiary/aromatic N) is 12. The number of para-hydroxylation sites is 1. The van der Waals surface area contributed by atoms with Crippen molar-refractivity contribution in [3.63, 3.8) is 0 Å². The second kappa shape index (κ2) is 46.2. The smallest absolute Gasteiger partial charge is 0.355 e. The maximum atomic E-state index is 13.8. The number of ether oxygens (including phenoxy) is 5. The zero-order valence-electron chi connectivity index (χ0n) is 67.4. The van der Waals surface area contributed by atoms with Gasteiger partial charge in [-0.05, 0) is 111 Å². The van der Waals surface area contributed by atoms with Gasteiger partial charge in [0, 0.05) is 106 Å². The molecule has 8 aliphatic rings. The average molecular weight is 1630 g/mol. The van der Waals surface area contributed by atoms with Gasteiger partial charge in [-0.25, -0.2) is 19.3 Å². The number of amides is 6. The van der Waals surface area contributed by atoms with Crippen LogP contribution in [0.4, 0.5) is 0 Å². The molecule has 4 aromatic rings. The fourth-order valence-electron chi connectivity index (χ4n) is 16.3. The Kier molecular flexibility index (Phi) is 35.6. The fourth-order valence-corrected chi connectivity index (χ4v) is 16.4. The van der Waals surface area contributed by atoms with Gasteiger partial charge < -0.3 is 48.3 Å². The third-order valence-corrected chi connectivity index (χ3v) is 22.8. The van der Waals surface area contributed by atoms with E-state index in [1.807, 2.05) is 30.3 Å². The molecule has 12 rings (SSSR count). The summed E-state index contributed by atoms with van der Waals surface area (Å²) >= 11 is 0. The molecule has 4 aliphatic heterocycles. The summed E-state index contributed by atoms with van der Waals surface area (Å²) in [6.45, 7) is 7.04. The van der Waals surface area contributed by atoms with Crippen LogP contribution < -0.4 is 5.56 Å². The molecule has 2 saturated carbocycles.